The third kappa shape index (κ3) is 2.58. The topological polar surface area (TPSA) is 131 Å². The molecule has 0 saturated carbocycles. The fourth-order valence-electron chi connectivity index (χ4n) is 3.28. The van der Waals surface area contributed by atoms with Gasteiger partial charge in [0, 0.05) is 11.6 Å². The molecular weight excluding hydrogens is 346 g/mol. The summed E-state index contributed by atoms with van der Waals surface area (Å²) in [6, 6.07) is 17.7. The minimum absolute atomic E-state index is 0.101. The van der Waals surface area contributed by atoms with Crippen LogP contribution in [0.25, 0.3) is 11.3 Å². The predicted molar refractivity (Wildman–Crippen MR) is 96.4 cm³/mol. The Morgan fingerprint density at radius 2 is 1.89 bits per heavy atom. The quantitative estimate of drug-likeness (QED) is 0.545. The molecule has 0 aliphatic carbocycles. The lowest BCUT2D eigenvalue weighted by molar-refractivity contribution is -0.385. The number of nitrogens with one attached hydrogen (secondary N) is 1. The molecule has 0 unspecified atom stereocenters. The molecule has 27 heavy (non-hydrogen) atoms. The second kappa shape index (κ2) is 6.31. The molecule has 132 valence electrons. The maximum Gasteiger partial charge on any atom is 0.273 e. The summed E-state index contributed by atoms with van der Waals surface area (Å²) in [7, 11) is 0. The van der Waals surface area contributed by atoms with Crippen molar-refractivity contribution in [2.75, 3.05) is 0 Å². The Labute approximate surface area is 153 Å². The summed E-state index contributed by atoms with van der Waals surface area (Å²) in [5, 5.41) is 28.3. The lowest BCUT2D eigenvalue weighted by Gasteiger charge is -2.23. The number of nitriles is 1. The van der Waals surface area contributed by atoms with Crippen LogP contribution in [0.5, 0.6) is 5.88 Å². The number of fused-ring (bicyclic) bond motifs is 1. The number of nitro groups is 1. The van der Waals surface area contributed by atoms with E-state index < -0.39 is 10.8 Å². The first kappa shape index (κ1) is 16.4. The summed E-state index contributed by atoms with van der Waals surface area (Å²) in [5.74, 6) is -0.679. The molecule has 0 amide bonds. The van der Waals surface area contributed by atoms with Gasteiger partial charge in [0.05, 0.1) is 22.1 Å². The highest BCUT2D eigenvalue weighted by Crippen LogP contribution is 2.47. The molecule has 1 atom stereocenters. The molecule has 0 bridgehead atoms. The van der Waals surface area contributed by atoms with Crippen molar-refractivity contribution >= 4 is 5.69 Å². The number of benzene rings is 2. The molecule has 1 aliphatic heterocycles. The van der Waals surface area contributed by atoms with Crippen molar-refractivity contribution in [3.63, 3.8) is 0 Å². The van der Waals surface area contributed by atoms with Crippen molar-refractivity contribution in [2.24, 2.45) is 5.73 Å². The number of hydrogen-bond donors (Lipinski definition) is 2. The molecule has 0 fully saturated rings. The van der Waals surface area contributed by atoms with E-state index >= 15 is 0 Å². The van der Waals surface area contributed by atoms with E-state index in [0.717, 1.165) is 5.56 Å². The maximum atomic E-state index is 11.6. The van der Waals surface area contributed by atoms with Gasteiger partial charge >= 0.3 is 0 Å². The number of hydrogen-bond acceptors (Lipinski definition) is 6. The van der Waals surface area contributed by atoms with Gasteiger partial charge in [0.25, 0.3) is 5.69 Å². The first-order valence-corrected chi connectivity index (χ1v) is 8.06. The average molecular weight is 359 g/mol. The molecule has 4 rings (SSSR count). The number of aromatic amines is 1. The number of nitrogens with two attached hydrogens (primary N) is 1. The molecule has 0 spiro atoms. The zero-order valence-electron chi connectivity index (χ0n) is 13.9. The fraction of sp³-hybridized carbons (Fsp3) is 0.0526. The minimum atomic E-state index is -0.769. The summed E-state index contributed by atoms with van der Waals surface area (Å²) in [5.41, 5.74) is 8.25. The van der Waals surface area contributed by atoms with Gasteiger partial charge in [0.2, 0.25) is 11.8 Å². The van der Waals surface area contributed by atoms with Gasteiger partial charge in [-0.15, -0.1) is 5.10 Å². The van der Waals surface area contributed by atoms with Crippen LogP contribution in [-0.4, -0.2) is 15.1 Å². The number of nitro benzene ring substituents is 1. The lowest BCUT2D eigenvalue weighted by Crippen LogP contribution is -2.21. The third-order valence-corrected chi connectivity index (χ3v) is 4.45. The number of nitrogens with zero attached hydrogens (tertiary/aromatic N) is 3. The summed E-state index contributed by atoms with van der Waals surface area (Å²) < 4.78 is 5.51. The van der Waals surface area contributed by atoms with E-state index in [1.54, 1.807) is 18.2 Å². The Morgan fingerprint density at radius 1 is 1.19 bits per heavy atom. The molecule has 8 heteroatoms. The molecule has 3 N–H and O–H groups in total. The van der Waals surface area contributed by atoms with E-state index in [-0.39, 0.29) is 23.0 Å². The van der Waals surface area contributed by atoms with Crippen LogP contribution in [-0.2, 0) is 0 Å². The van der Waals surface area contributed by atoms with Gasteiger partial charge in [-0.2, -0.15) is 5.26 Å². The van der Waals surface area contributed by atoms with Crippen LogP contribution in [0.2, 0.25) is 0 Å². The molecule has 1 aromatic heterocycles. The highest BCUT2D eigenvalue weighted by molar-refractivity contribution is 5.72. The second-order valence-corrected chi connectivity index (χ2v) is 5.92. The van der Waals surface area contributed by atoms with Crippen LogP contribution in [0, 0.1) is 21.4 Å². The molecule has 2 heterocycles. The van der Waals surface area contributed by atoms with E-state index in [4.69, 9.17) is 10.5 Å². The zero-order chi connectivity index (χ0) is 19.0. The smallest absolute Gasteiger partial charge is 0.273 e. The largest absolute Gasteiger partial charge is 0.420 e. The molecule has 0 radical (unpaired) electrons. The van der Waals surface area contributed by atoms with Crippen LogP contribution >= 0.6 is 0 Å². The number of allylic oxidation sites excluding steroid dienone is 1. The molecule has 8 nitrogen and oxygen atoms in total. The first-order chi connectivity index (χ1) is 13.1. The average Bonchev–Trinajstić information content (AvgIpc) is 3.10. The Balaban J connectivity index is 2.01. The van der Waals surface area contributed by atoms with E-state index in [9.17, 15) is 15.4 Å². The number of H-pyrrole nitrogens is 1. The number of aromatic nitrogens is 2. The normalized spacial score (nSPS) is 15.6. The lowest BCUT2D eigenvalue weighted by atomic mass is 9.82. The van der Waals surface area contributed by atoms with Crippen LogP contribution in [0.1, 0.15) is 17.0 Å². The van der Waals surface area contributed by atoms with Gasteiger partial charge in [-0.3, -0.25) is 15.2 Å². The zero-order valence-corrected chi connectivity index (χ0v) is 13.9. The van der Waals surface area contributed by atoms with E-state index in [1.165, 1.54) is 6.07 Å². The minimum Gasteiger partial charge on any atom is -0.420 e. The molecule has 2 aromatic carbocycles. The van der Waals surface area contributed by atoms with Crippen LogP contribution in [0.15, 0.2) is 66.1 Å². The van der Waals surface area contributed by atoms with Crippen molar-refractivity contribution < 1.29 is 9.66 Å². The van der Waals surface area contributed by atoms with Crippen molar-refractivity contribution in [1.82, 2.24) is 10.2 Å². The summed E-state index contributed by atoms with van der Waals surface area (Å²) in [6.07, 6.45) is 0. The Bertz CT molecular complexity index is 1110. The monoisotopic (exact) mass is 359 g/mol. The van der Waals surface area contributed by atoms with E-state index in [0.29, 0.717) is 16.8 Å². The SMILES string of the molecule is N#CC1=C(N)Oc2n[nH]c(-c3ccccc3)c2[C@H]1c1ccccc1[N+](=O)[O-]. The highest BCUT2D eigenvalue weighted by atomic mass is 16.6. The number of rotatable bonds is 3. The maximum absolute atomic E-state index is 11.6. The summed E-state index contributed by atoms with van der Waals surface area (Å²) >= 11 is 0. The summed E-state index contributed by atoms with van der Waals surface area (Å²) in [6.45, 7) is 0. The fourth-order valence-corrected chi connectivity index (χ4v) is 3.28. The molecule has 0 saturated heterocycles. The van der Waals surface area contributed by atoms with Crippen molar-refractivity contribution in [1.29, 1.82) is 5.26 Å². The van der Waals surface area contributed by atoms with Crippen LogP contribution in [0.4, 0.5) is 5.69 Å². The van der Waals surface area contributed by atoms with Crippen molar-refractivity contribution in [3.8, 4) is 23.2 Å². The molecular formula is C19H13N5O3. The van der Waals surface area contributed by atoms with Gasteiger partial charge in [-0.25, -0.2) is 0 Å². The predicted octanol–water partition coefficient (Wildman–Crippen LogP) is 3.20. The standard InChI is InChI=1S/C19H13N5O3/c20-10-13-15(12-8-4-5-9-14(12)24(25)26)16-17(11-6-2-1-3-7-11)22-23-19(16)27-18(13)21/h1-9,15H,21H2,(H,22,23)/t15-/m0/s1. The van der Waals surface area contributed by atoms with E-state index in [1.807, 2.05) is 36.4 Å². The highest BCUT2D eigenvalue weighted by Gasteiger charge is 2.38. The second-order valence-electron chi connectivity index (χ2n) is 5.92. The Kier molecular flexibility index (Phi) is 3.82. The van der Waals surface area contributed by atoms with Gasteiger partial charge in [-0.05, 0) is 5.56 Å². The number of ether oxygens (including phenoxy) is 1. The van der Waals surface area contributed by atoms with Crippen LogP contribution < -0.4 is 10.5 Å². The van der Waals surface area contributed by atoms with Gasteiger partial charge < -0.3 is 10.5 Å². The van der Waals surface area contributed by atoms with E-state index in [2.05, 4.69) is 10.2 Å². The molecule has 3 aromatic rings. The third-order valence-electron chi connectivity index (χ3n) is 4.45. The van der Waals surface area contributed by atoms with Crippen molar-refractivity contribution in [3.05, 3.63) is 87.3 Å². The van der Waals surface area contributed by atoms with Crippen molar-refractivity contribution in [2.45, 2.75) is 5.92 Å². The Morgan fingerprint density at radius 3 is 2.59 bits per heavy atom. The Hall–Kier alpha value is -4.12. The van der Waals surface area contributed by atoms with Gasteiger partial charge in [0.1, 0.15) is 11.6 Å². The number of para-hydroxylation sites is 1. The van der Waals surface area contributed by atoms with Gasteiger partial charge in [0.15, 0.2) is 0 Å². The summed E-state index contributed by atoms with van der Waals surface area (Å²) in [4.78, 5) is 11.1. The van der Waals surface area contributed by atoms with Gasteiger partial charge in [-0.1, -0.05) is 48.5 Å². The molecule has 1 aliphatic rings. The van der Waals surface area contributed by atoms with Crippen LogP contribution in [0.3, 0.4) is 0 Å². The first-order valence-electron chi connectivity index (χ1n) is 8.06.